The zero-order valence-corrected chi connectivity index (χ0v) is 11.9. The predicted molar refractivity (Wildman–Crippen MR) is 78.6 cm³/mol. The molecule has 0 fully saturated rings. The number of pyridine rings is 2. The van der Waals surface area contributed by atoms with Gasteiger partial charge >= 0.3 is 5.97 Å². The van der Waals surface area contributed by atoms with Gasteiger partial charge in [0.25, 0.3) is 0 Å². The predicted octanol–water partition coefficient (Wildman–Crippen LogP) is 3.54. The van der Waals surface area contributed by atoms with Gasteiger partial charge in [-0.15, -0.1) is 0 Å². The monoisotopic (exact) mass is 288 g/mol. The number of carbonyl (C=O) groups is 1. The average Bonchev–Trinajstić information content (AvgIpc) is 2.46. The van der Waals surface area contributed by atoms with Crippen molar-refractivity contribution < 1.29 is 9.53 Å². The maximum absolute atomic E-state index is 11.9. The van der Waals surface area contributed by atoms with Gasteiger partial charge in [0.15, 0.2) is 0 Å². The molecule has 102 valence electrons. The van der Waals surface area contributed by atoms with Crippen LogP contribution in [0.4, 0.5) is 0 Å². The van der Waals surface area contributed by atoms with Crippen LogP contribution in [0.2, 0.25) is 5.15 Å². The standard InChI is InChI=1S/C15H13ClN2O2/c1-4-11-9(2)18-8-12(15(19)20-3)14(11)10-5-6-17-13(16)7-10/h4-8H,1H2,2-3H3. The van der Waals surface area contributed by atoms with E-state index >= 15 is 0 Å². The molecule has 0 saturated heterocycles. The average molecular weight is 289 g/mol. The Morgan fingerprint density at radius 2 is 2.20 bits per heavy atom. The molecule has 0 N–H and O–H groups in total. The van der Waals surface area contributed by atoms with E-state index in [-0.39, 0.29) is 0 Å². The second-order valence-electron chi connectivity index (χ2n) is 4.11. The lowest BCUT2D eigenvalue weighted by Gasteiger charge is -2.13. The topological polar surface area (TPSA) is 52.1 Å². The highest BCUT2D eigenvalue weighted by molar-refractivity contribution is 6.29. The fraction of sp³-hybridized carbons (Fsp3) is 0.133. The van der Waals surface area contributed by atoms with E-state index in [9.17, 15) is 4.79 Å². The first-order chi connectivity index (χ1) is 9.58. The van der Waals surface area contributed by atoms with Crippen molar-refractivity contribution in [3.05, 3.63) is 53.1 Å². The molecule has 0 spiro atoms. The Labute approximate surface area is 122 Å². The van der Waals surface area contributed by atoms with Gasteiger partial charge in [-0.25, -0.2) is 9.78 Å². The number of halogens is 1. The lowest BCUT2D eigenvalue weighted by Crippen LogP contribution is -2.07. The van der Waals surface area contributed by atoms with Gasteiger partial charge in [0, 0.05) is 29.2 Å². The van der Waals surface area contributed by atoms with Gasteiger partial charge in [-0.1, -0.05) is 24.3 Å². The van der Waals surface area contributed by atoms with Crippen LogP contribution in [-0.4, -0.2) is 23.0 Å². The summed E-state index contributed by atoms with van der Waals surface area (Å²) in [7, 11) is 1.33. The molecule has 0 aromatic carbocycles. The molecule has 0 saturated carbocycles. The highest BCUT2D eigenvalue weighted by Gasteiger charge is 2.18. The molecule has 0 aliphatic rings. The van der Waals surface area contributed by atoms with Crippen LogP contribution >= 0.6 is 11.6 Å². The van der Waals surface area contributed by atoms with E-state index in [1.165, 1.54) is 13.3 Å². The molecule has 0 aliphatic carbocycles. The number of ether oxygens (including phenoxy) is 1. The Hall–Kier alpha value is -2.20. The van der Waals surface area contributed by atoms with Gasteiger partial charge in [0.05, 0.1) is 12.7 Å². The van der Waals surface area contributed by atoms with Crippen molar-refractivity contribution in [1.29, 1.82) is 0 Å². The molecule has 2 heterocycles. The molecule has 0 radical (unpaired) electrons. The summed E-state index contributed by atoms with van der Waals surface area (Å²) in [5.74, 6) is -0.455. The lowest BCUT2D eigenvalue weighted by molar-refractivity contribution is 0.0601. The molecule has 0 unspecified atom stereocenters. The van der Waals surface area contributed by atoms with Gasteiger partial charge in [0.2, 0.25) is 0 Å². The first-order valence-electron chi connectivity index (χ1n) is 5.90. The summed E-state index contributed by atoms with van der Waals surface area (Å²) in [6, 6.07) is 3.47. The normalized spacial score (nSPS) is 10.2. The molecule has 2 rings (SSSR count). The van der Waals surface area contributed by atoms with Crippen molar-refractivity contribution in [1.82, 2.24) is 9.97 Å². The van der Waals surface area contributed by atoms with Crippen LogP contribution in [0.1, 0.15) is 21.6 Å². The number of rotatable bonds is 3. The summed E-state index contributed by atoms with van der Waals surface area (Å²) < 4.78 is 4.81. The quantitative estimate of drug-likeness (QED) is 0.640. The molecular formula is C15H13ClN2O2. The van der Waals surface area contributed by atoms with E-state index < -0.39 is 5.97 Å². The van der Waals surface area contributed by atoms with Crippen LogP contribution in [0.15, 0.2) is 31.1 Å². The summed E-state index contributed by atoms with van der Waals surface area (Å²) in [5.41, 5.74) is 3.38. The van der Waals surface area contributed by atoms with Crippen LogP contribution in [0.3, 0.4) is 0 Å². The number of aryl methyl sites for hydroxylation is 1. The molecular weight excluding hydrogens is 276 g/mol. The fourth-order valence-electron chi connectivity index (χ4n) is 2.00. The van der Waals surface area contributed by atoms with Crippen molar-refractivity contribution in [2.45, 2.75) is 6.92 Å². The van der Waals surface area contributed by atoms with Crippen LogP contribution < -0.4 is 0 Å². The molecule has 0 aliphatic heterocycles. The Bertz CT molecular complexity index is 684. The Kier molecular flexibility index (Phi) is 4.15. The largest absolute Gasteiger partial charge is 0.465 e. The molecule has 20 heavy (non-hydrogen) atoms. The van der Waals surface area contributed by atoms with Gasteiger partial charge in [-0.3, -0.25) is 4.98 Å². The third-order valence-electron chi connectivity index (χ3n) is 2.94. The van der Waals surface area contributed by atoms with Crippen molar-refractivity contribution in [3.8, 4) is 11.1 Å². The summed E-state index contributed by atoms with van der Waals surface area (Å²) in [4.78, 5) is 20.1. The summed E-state index contributed by atoms with van der Waals surface area (Å²) in [6.07, 6.45) is 4.75. The van der Waals surface area contributed by atoms with E-state index in [1.54, 1.807) is 24.4 Å². The van der Waals surface area contributed by atoms with Gasteiger partial charge in [0.1, 0.15) is 5.15 Å². The van der Waals surface area contributed by atoms with E-state index in [1.807, 2.05) is 6.92 Å². The van der Waals surface area contributed by atoms with E-state index in [0.717, 1.165) is 16.8 Å². The minimum absolute atomic E-state index is 0.350. The highest BCUT2D eigenvalue weighted by Crippen LogP contribution is 2.31. The van der Waals surface area contributed by atoms with Gasteiger partial charge < -0.3 is 4.74 Å². The van der Waals surface area contributed by atoms with Gasteiger partial charge in [-0.05, 0) is 24.6 Å². The van der Waals surface area contributed by atoms with E-state index in [0.29, 0.717) is 16.3 Å². The number of nitrogens with zero attached hydrogens (tertiary/aromatic N) is 2. The Morgan fingerprint density at radius 3 is 2.80 bits per heavy atom. The Balaban J connectivity index is 2.79. The summed E-state index contributed by atoms with van der Waals surface area (Å²) >= 11 is 5.93. The third kappa shape index (κ3) is 2.56. The number of esters is 1. The molecule has 4 nitrogen and oxygen atoms in total. The first-order valence-corrected chi connectivity index (χ1v) is 6.28. The lowest BCUT2D eigenvalue weighted by atomic mass is 9.95. The van der Waals surface area contributed by atoms with Gasteiger partial charge in [-0.2, -0.15) is 0 Å². The molecule has 0 bridgehead atoms. The SMILES string of the molecule is C=Cc1c(C)ncc(C(=O)OC)c1-c1ccnc(Cl)c1. The maximum Gasteiger partial charge on any atom is 0.340 e. The van der Waals surface area contributed by atoms with Crippen molar-refractivity contribution >= 4 is 23.6 Å². The zero-order valence-electron chi connectivity index (χ0n) is 11.2. The first kappa shape index (κ1) is 14.2. The van der Waals surface area contributed by atoms with Crippen LogP contribution in [0.25, 0.3) is 17.2 Å². The minimum Gasteiger partial charge on any atom is -0.465 e. The highest BCUT2D eigenvalue weighted by atomic mass is 35.5. The number of carbonyl (C=O) groups excluding carboxylic acids is 1. The minimum atomic E-state index is -0.455. The Morgan fingerprint density at radius 1 is 1.45 bits per heavy atom. The van der Waals surface area contributed by atoms with E-state index in [2.05, 4.69) is 16.5 Å². The number of hydrogen-bond acceptors (Lipinski definition) is 4. The molecule has 0 amide bonds. The molecule has 0 atom stereocenters. The smallest absolute Gasteiger partial charge is 0.340 e. The molecule has 2 aromatic rings. The van der Waals surface area contributed by atoms with Crippen molar-refractivity contribution in [2.75, 3.05) is 7.11 Å². The van der Waals surface area contributed by atoms with Crippen molar-refractivity contribution in [2.24, 2.45) is 0 Å². The number of methoxy groups -OCH3 is 1. The van der Waals surface area contributed by atoms with Crippen molar-refractivity contribution in [3.63, 3.8) is 0 Å². The number of hydrogen-bond donors (Lipinski definition) is 0. The van der Waals surface area contributed by atoms with Crippen LogP contribution in [-0.2, 0) is 4.74 Å². The summed E-state index contributed by atoms with van der Waals surface area (Å²) in [5, 5.41) is 0.350. The second-order valence-corrected chi connectivity index (χ2v) is 4.50. The maximum atomic E-state index is 11.9. The number of aromatic nitrogens is 2. The fourth-order valence-corrected chi connectivity index (χ4v) is 2.18. The third-order valence-corrected chi connectivity index (χ3v) is 3.15. The van der Waals surface area contributed by atoms with Crippen LogP contribution in [0, 0.1) is 6.92 Å². The molecule has 5 heteroatoms. The second kappa shape index (κ2) is 5.84. The zero-order chi connectivity index (χ0) is 14.7. The summed E-state index contributed by atoms with van der Waals surface area (Å²) in [6.45, 7) is 5.64. The van der Waals surface area contributed by atoms with Crippen LogP contribution in [0.5, 0.6) is 0 Å². The molecule has 2 aromatic heterocycles. The van der Waals surface area contributed by atoms with E-state index in [4.69, 9.17) is 16.3 Å².